The van der Waals surface area contributed by atoms with E-state index in [4.69, 9.17) is 10.8 Å². The van der Waals surface area contributed by atoms with Crippen LogP contribution in [0.1, 0.15) is 6.42 Å². The van der Waals surface area contributed by atoms with Crippen LogP contribution in [-0.2, 0) is 14.4 Å². The summed E-state index contributed by atoms with van der Waals surface area (Å²) in [6, 6.07) is -1.16. The van der Waals surface area contributed by atoms with Crippen LogP contribution < -0.4 is 17.2 Å². The Morgan fingerprint density at radius 2 is 1.71 bits per heavy atom. The minimum absolute atomic E-state index is 0.310. The second kappa shape index (κ2) is 7.74. The molecule has 0 saturated carbocycles. The van der Waals surface area contributed by atoms with Gasteiger partial charge in [0.15, 0.2) is 0 Å². The molecule has 80 valence electrons. The van der Waals surface area contributed by atoms with Crippen molar-refractivity contribution < 1.29 is 19.5 Å². The average Bonchev–Trinajstić information content (AvgIpc) is 2.04. The number of carboxylic acids is 1. The summed E-state index contributed by atoms with van der Waals surface area (Å²) >= 11 is 0. The van der Waals surface area contributed by atoms with Crippen molar-refractivity contribution >= 4 is 17.8 Å². The maximum absolute atomic E-state index is 9.99. The smallest absolute Gasteiger partial charge is 0.321 e. The van der Waals surface area contributed by atoms with Crippen LogP contribution in [0.5, 0.6) is 0 Å². The summed E-state index contributed by atoms with van der Waals surface area (Å²) in [5.41, 5.74) is 14.1. The highest BCUT2D eigenvalue weighted by molar-refractivity contribution is 5.85. The van der Waals surface area contributed by atoms with Crippen LogP contribution in [0.25, 0.3) is 0 Å². The van der Waals surface area contributed by atoms with E-state index in [0.29, 0.717) is 0 Å². The summed E-state index contributed by atoms with van der Waals surface area (Å²) in [6.45, 7) is 3.09. The summed E-state index contributed by atoms with van der Waals surface area (Å²) in [7, 11) is 0. The highest BCUT2D eigenvalue weighted by Gasteiger charge is 2.13. The molecule has 0 aliphatic rings. The molecule has 0 rings (SSSR count). The van der Waals surface area contributed by atoms with Gasteiger partial charge < -0.3 is 22.3 Å². The Morgan fingerprint density at radius 3 is 1.79 bits per heavy atom. The summed E-state index contributed by atoms with van der Waals surface area (Å²) in [4.78, 5) is 29.4. The second-order valence-electron chi connectivity index (χ2n) is 2.22. The Labute approximate surface area is 80.5 Å². The van der Waals surface area contributed by atoms with E-state index < -0.39 is 23.8 Å². The third-order valence-electron chi connectivity index (χ3n) is 0.939. The van der Waals surface area contributed by atoms with Gasteiger partial charge in [-0.25, -0.2) is 0 Å². The van der Waals surface area contributed by atoms with Gasteiger partial charge in [-0.1, -0.05) is 6.58 Å². The number of hydrogen-bond donors (Lipinski definition) is 4. The molecular formula is C7H13N3O4. The second-order valence-corrected chi connectivity index (χ2v) is 2.22. The molecule has 0 aliphatic heterocycles. The lowest BCUT2D eigenvalue weighted by Gasteiger charge is -1.99. The van der Waals surface area contributed by atoms with Gasteiger partial charge in [0.2, 0.25) is 11.8 Å². The van der Waals surface area contributed by atoms with Crippen LogP contribution in [0.4, 0.5) is 0 Å². The monoisotopic (exact) mass is 203 g/mol. The zero-order valence-electron chi connectivity index (χ0n) is 7.47. The SMILES string of the molecule is C=CC(N)=O.NC(=O)C[C@H](N)C(=O)O. The normalized spacial score (nSPS) is 10.4. The summed E-state index contributed by atoms with van der Waals surface area (Å²) < 4.78 is 0. The van der Waals surface area contributed by atoms with Gasteiger partial charge in [-0.15, -0.1) is 0 Å². The lowest BCUT2D eigenvalue weighted by Crippen LogP contribution is -2.34. The molecule has 0 unspecified atom stereocenters. The molecular weight excluding hydrogens is 190 g/mol. The van der Waals surface area contributed by atoms with Crippen molar-refractivity contribution in [2.45, 2.75) is 12.5 Å². The van der Waals surface area contributed by atoms with E-state index in [1.165, 1.54) is 0 Å². The van der Waals surface area contributed by atoms with Crippen LogP contribution >= 0.6 is 0 Å². The molecule has 0 bridgehead atoms. The molecule has 0 aromatic carbocycles. The number of hydrogen-bond acceptors (Lipinski definition) is 4. The molecule has 0 aromatic heterocycles. The number of aliphatic carboxylic acids is 1. The van der Waals surface area contributed by atoms with Crippen LogP contribution in [0.3, 0.4) is 0 Å². The molecule has 1 atom stereocenters. The fourth-order valence-corrected chi connectivity index (χ4v) is 0.304. The minimum Gasteiger partial charge on any atom is -0.480 e. The van der Waals surface area contributed by atoms with Crippen molar-refractivity contribution in [2.75, 3.05) is 0 Å². The van der Waals surface area contributed by atoms with Crippen molar-refractivity contribution in [1.82, 2.24) is 0 Å². The number of rotatable bonds is 4. The maximum Gasteiger partial charge on any atom is 0.321 e. The Bertz CT molecular complexity index is 239. The van der Waals surface area contributed by atoms with Gasteiger partial charge >= 0.3 is 5.97 Å². The number of carbonyl (C=O) groups excluding carboxylic acids is 2. The van der Waals surface area contributed by atoms with Gasteiger partial charge in [0.25, 0.3) is 0 Å². The van der Waals surface area contributed by atoms with Crippen molar-refractivity contribution in [3.05, 3.63) is 12.7 Å². The highest BCUT2D eigenvalue weighted by Crippen LogP contribution is 1.84. The fourth-order valence-electron chi connectivity index (χ4n) is 0.304. The van der Waals surface area contributed by atoms with Crippen molar-refractivity contribution in [2.24, 2.45) is 17.2 Å². The molecule has 2 amide bonds. The molecule has 0 aliphatic carbocycles. The molecule has 0 heterocycles. The molecule has 0 saturated heterocycles. The third-order valence-corrected chi connectivity index (χ3v) is 0.939. The van der Waals surface area contributed by atoms with E-state index in [1.807, 2.05) is 0 Å². The first-order chi connectivity index (χ1) is 6.31. The largest absolute Gasteiger partial charge is 0.480 e. The molecule has 14 heavy (non-hydrogen) atoms. The first-order valence-corrected chi connectivity index (χ1v) is 3.49. The molecule has 0 spiro atoms. The lowest BCUT2D eigenvalue weighted by molar-refractivity contribution is -0.140. The molecule has 0 aromatic rings. The van der Waals surface area contributed by atoms with E-state index in [0.717, 1.165) is 6.08 Å². The fraction of sp³-hybridized carbons (Fsp3) is 0.286. The zero-order valence-corrected chi connectivity index (χ0v) is 7.47. The van der Waals surface area contributed by atoms with Crippen molar-refractivity contribution in [1.29, 1.82) is 0 Å². The Kier molecular flexibility index (Phi) is 8.09. The first kappa shape index (κ1) is 14.6. The molecule has 7 N–H and O–H groups in total. The van der Waals surface area contributed by atoms with Crippen LogP contribution in [0.2, 0.25) is 0 Å². The van der Waals surface area contributed by atoms with Crippen LogP contribution in [0.15, 0.2) is 12.7 Å². The minimum atomic E-state index is -1.21. The Morgan fingerprint density at radius 1 is 1.36 bits per heavy atom. The van der Waals surface area contributed by atoms with Gasteiger partial charge in [0.1, 0.15) is 6.04 Å². The van der Waals surface area contributed by atoms with Gasteiger partial charge in [0, 0.05) is 0 Å². The van der Waals surface area contributed by atoms with Crippen LogP contribution in [-0.4, -0.2) is 28.9 Å². The van der Waals surface area contributed by atoms with E-state index >= 15 is 0 Å². The maximum atomic E-state index is 9.99. The van der Waals surface area contributed by atoms with Gasteiger partial charge in [0.05, 0.1) is 6.42 Å². The first-order valence-electron chi connectivity index (χ1n) is 3.49. The van der Waals surface area contributed by atoms with E-state index in [-0.39, 0.29) is 6.42 Å². The van der Waals surface area contributed by atoms with Crippen LogP contribution in [0, 0.1) is 0 Å². The highest BCUT2D eigenvalue weighted by atomic mass is 16.4. The predicted molar refractivity (Wildman–Crippen MR) is 48.8 cm³/mol. The molecule has 7 nitrogen and oxygen atoms in total. The summed E-state index contributed by atoms with van der Waals surface area (Å²) in [5.74, 6) is -2.40. The Hall–Kier alpha value is -1.89. The average molecular weight is 203 g/mol. The number of carbonyl (C=O) groups is 3. The molecule has 0 radical (unpaired) electrons. The number of carboxylic acid groups (broad SMARTS) is 1. The summed E-state index contributed by atoms with van der Waals surface area (Å²) in [5, 5.41) is 8.10. The standard InChI is InChI=1S/C4H8N2O3.C3H5NO/c5-2(4(8)9)1-3(6)7;1-2-3(4)5/h2H,1,5H2,(H2,6,7)(H,8,9);2H,1H2,(H2,4,5)/t2-;/m0./s1. The van der Waals surface area contributed by atoms with E-state index in [1.54, 1.807) is 0 Å². The Balaban J connectivity index is 0. The van der Waals surface area contributed by atoms with Gasteiger partial charge in [-0.2, -0.15) is 0 Å². The molecule has 7 heteroatoms. The third kappa shape index (κ3) is 12.8. The predicted octanol–water partition coefficient (Wildman–Crippen LogP) is -2.07. The topological polar surface area (TPSA) is 150 Å². The molecule has 0 fully saturated rings. The van der Waals surface area contributed by atoms with Gasteiger partial charge in [-0.05, 0) is 6.08 Å². The number of nitrogens with two attached hydrogens (primary N) is 3. The lowest BCUT2D eigenvalue weighted by atomic mass is 10.2. The quantitative estimate of drug-likeness (QED) is 0.387. The van der Waals surface area contributed by atoms with Crippen molar-refractivity contribution in [3.8, 4) is 0 Å². The van der Waals surface area contributed by atoms with E-state index in [2.05, 4.69) is 18.0 Å². The van der Waals surface area contributed by atoms with Gasteiger partial charge in [-0.3, -0.25) is 14.4 Å². The number of primary amides is 2. The summed E-state index contributed by atoms with van der Waals surface area (Å²) in [6.07, 6.45) is 0.745. The van der Waals surface area contributed by atoms with Crippen molar-refractivity contribution in [3.63, 3.8) is 0 Å². The zero-order chi connectivity index (χ0) is 11.7. The number of amides is 2. The van der Waals surface area contributed by atoms with E-state index in [9.17, 15) is 14.4 Å².